The molecule has 0 aliphatic rings. The SMILES string of the molecule is CCc1nc(CC)n(CCC#N)n1. The third-order valence-corrected chi connectivity index (χ3v) is 1.86. The molecular weight excluding hydrogens is 164 g/mol. The molecule has 1 aromatic rings. The highest BCUT2D eigenvalue weighted by Crippen LogP contribution is 2.01. The summed E-state index contributed by atoms with van der Waals surface area (Å²) >= 11 is 0. The normalized spacial score (nSPS) is 9.92. The number of aromatic nitrogens is 3. The summed E-state index contributed by atoms with van der Waals surface area (Å²) in [6.07, 6.45) is 2.23. The zero-order chi connectivity index (χ0) is 9.68. The summed E-state index contributed by atoms with van der Waals surface area (Å²) in [5.74, 6) is 1.85. The number of aryl methyl sites for hydroxylation is 3. The zero-order valence-corrected chi connectivity index (χ0v) is 8.12. The standard InChI is InChI=1S/C9H14N4/c1-3-8-11-9(4-2)13(12-8)7-5-6-10/h3-5,7H2,1-2H3. The van der Waals surface area contributed by atoms with Crippen LogP contribution < -0.4 is 0 Å². The maximum absolute atomic E-state index is 8.44. The van der Waals surface area contributed by atoms with E-state index in [2.05, 4.69) is 16.2 Å². The second-order valence-corrected chi connectivity index (χ2v) is 2.78. The molecule has 0 atom stereocenters. The van der Waals surface area contributed by atoms with E-state index in [1.54, 1.807) is 0 Å². The minimum atomic E-state index is 0.500. The topological polar surface area (TPSA) is 54.5 Å². The molecule has 0 radical (unpaired) electrons. The lowest BCUT2D eigenvalue weighted by atomic mass is 10.4. The highest BCUT2D eigenvalue weighted by atomic mass is 15.3. The van der Waals surface area contributed by atoms with Crippen LogP contribution in [0.5, 0.6) is 0 Å². The van der Waals surface area contributed by atoms with Gasteiger partial charge in [0.2, 0.25) is 0 Å². The van der Waals surface area contributed by atoms with Crippen LogP contribution in [-0.4, -0.2) is 14.8 Å². The van der Waals surface area contributed by atoms with Crippen LogP contribution in [0, 0.1) is 11.3 Å². The van der Waals surface area contributed by atoms with Crippen LogP contribution in [0.15, 0.2) is 0 Å². The van der Waals surface area contributed by atoms with E-state index in [1.807, 2.05) is 18.5 Å². The van der Waals surface area contributed by atoms with E-state index < -0.39 is 0 Å². The molecule has 70 valence electrons. The summed E-state index contributed by atoms with van der Waals surface area (Å²) in [6.45, 7) is 4.74. The van der Waals surface area contributed by atoms with Crippen LogP contribution in [0.4, 0.5) is 0 Å². The first kappa shape index (κ1) is 9.72. The summed E-state index contributed by atoms with van der Waals surface area (Å²) in [5, 5.41) is 12.7. The molecule has 0 saturated heterocycles. The molecule has 1 aromatic heterocycles. The first-order valence-corrected chi connectivity index (χ1v) is 4.61. The van der Waals surface area contributed by atoms with E-state index in [9.17, 15) is 0 Å². The lowest BCUT2D eigenvalue weighted by Crippen LogP contribution is -2.04. The second-order valence-electron chi connectivity index (χ2n) is 2.78. The highest BCUT2D eigenvalue weighted by molar-refractivity contribution is 4.93. The summed E-state index contributed by atoms with van der Waals surface area (Å²) in [7, 11) is 0. The Morgan fingerprint density at radius 2 is 2.15 bits per heavy atom. The summed E-state index contributed by atoms with van der Waals surface area (Å²) in [5.41, 5.74) is 0. The predicted molar refractivity (Wildman–Crippen MR) is 49.0 cm³/mol. The Kier molecular flexibility index (Phi) is 3.44. The van der Waals surface area contributed by atoms with Gasteiger partial charge in [-0.2, -0.15) is 10.4 Å². The van der Waals surface area contributed by atoms with Gasteiger partial charge in [-0.1, -0.05) is 13.8 Å². The van der Waals surface area contributed by atoms with E-state index >= 15 is 0 Å². The molecule has 0 amide bonds. The molecule has 0 aromatic carbocycles. The van der Waals surface area contributed by atoms with Crippen LogP contribution in [0.25, 0.3) is 0 Å². The molecule has 1 rings (SSSR count). The molecule has 0 bridgehead atoms. The molecule has 1 heterocycles. The Labute approximate surface area is 78.2 Å². The van der Waals surface area contributed by atoms with Gasteiger partial charge >= 0.3 is 0 Å². The van der Waals surface area contributed by atoms with Crippen molar-refractivity contribution < 1.29 is 0 Å². The van der Waals surface area contributed by atoms with Gasteiger partial charge in [0.25, 0.3) is 0 Å². The molecule has 0 aliphatic heterocycles. The molecule has 0 saturated carbocycles. The van der Waals surface area contributed by atoms with Crippen molar-refractivity contribution in [3.8, 4) is 6.07 Å². The molecule has 4 heteroatoms. The van der Waals surface area contributed by atoms with Crippen molar-refractivity contribution in [3.63, 3.8) is 0 Å². The van der Waals surface area contributed by atoms with Crippen molar-refractivity contribution in [3.05, 3.63) is 11.6 Å². The van der Waals surface area contributed by atoms with Crippen molar-refractivity contribution >= 4 is 0 Å². The van der Waals surface area contributed by atoms with Crippen LogP contribution in [0.3, 0.4) is 0 Å². The third kappa shape index (κ3) is 2.28. The molecular formula is C9H14N4. The molecule has 0 fully saturated rings. The Balaban J connectivity index is 2.79. The second kappa shape index (κ2) is 4.61. The molecule has 0 spiro atoms. The summed E-state index contributed by atoms with van der Waals surface area (Å²) in [4.78, 5) is 4.34. The number of hydrogen-bond acceptors (Lipinski definition) is 3. The lowest BCUT2D eigenvalue weighted by molar-refractivity contribution is 0.589. The average molecular weight is 178 g/mol. The first-order chi connectivity index (χ1) is 6.31. The fraction of sp³-hybridized carbons (Fsp3) is 0.667. The van der Waals surface area contributed by atoms with Crippen molar-refractivity contribution in [2.45, 2.75) is 39.7 Å². The van der Waals surface area contributed by atoms with Crippen molar-refractivity contribution in [2.75, 3.05) is 0 Å². The van der Waals surface area contributed by atoms with E-state index in [0.717, 1.165) is 24.5 Å². The van der Waals surface area contributed by atoms with Gasteiger partial charge in [-0.25, -0.2) is 9.67 Å². The molecule has 0 aliphatic carbocycles. The number of hydrogen-bond donors (Lipinski definition) is 0. The van der Waals surface area contributed by atoms with Gasteiger partial charge in [0, 0.05) is 12.8 Å². The monoisotopic (exact) mass is 178 g/mol. The largest absolute Gasteiger partial charge is 0.249 e. The molecule has 4 nitrogen and oxygen atoms in total. The van der Waals surface area contributed by atoms with E-state index in [0.29, 0.717) is 13.0 Å². The van der Waals surface area contributed by atoms with Crippen molar-refractivity contribution in [2.24, 2.45) is 0 Å². The fourth-order valence-corrected chi connectivity index (χ4v) is 1.17. The zero-order valence-electron chi connectivity index (χ0n) is 8.12. The minimum absolute atomic E-state index is 0.500. The lowest BCUT2D eigenvalue weighted by Gasteiger charge is -1.98. The van der Waals surface area contributed by atoms with Crippen LogP contribution in [-0.2, 0) is 19.4 Å². The van der Waals surface area contributed by atoms with Crippen LogP contribution in [0.1, 0.15) is 31.9 Å². The van der Waals surface area contributed by atoms with E-state index in [4.69, 9.17) is 5.26 Å². The van der Waals surface area contributed by atoms with Crippen LogP contribution >= 0.6 is 0 Å². The Morgan fingerprint density at radius 3 is 2.69 bits per heavy atom. The highest BCUT2D eigenvalue weighted by Gasteiger charge is 2.05. The Hall–Kier alpha value is -1.37. The number of nitriles is 1. The van der Waals surface area contributed by atoms with Crippen molar-refractivity contribution in [1.29, 1.82) is 5.26 Å². The number of nitrogens with zero attached hydrogens (tertiary/aromatic N) is 4. The van der Waals surface area contributed by atoms with Gasteiger partial charge in [-0.15, -0.1) is 0 Å². The Morgan fingerprint density at radius 1 is 1.38 bits per heavy atom. The third-order valence-electron chi connectivity index (χ3n) is 1.86. The van der Waals surface area contributed by atoms with Gasteiger partial charge in [-0.05, 0) is 0 Å². The Bertz CT molecular complexity index is 308. The maximum atomic E-state index is 8.44. The van der Waals surface area contributed by atoms with Crippen LogP contribution in [0.2, 0.25) is 0 Å². The smallest absolute Gasteiger partial charge is 0.150 e. The maximum Gasteiger partial charge on any atom is 0.150 e. The van der Waals surface area contributed by atoms with E-state index in [-0.39, 0.29) is 0 Å². The summed E-state index contributed by atoms with van der Waals surface area (Å²) in [6, 6.07) is 2.11. The van der Waals surface area contributed by atoms with Gasteiger partial charge in [0.15, 0.2) is 5.82 Å². The molecule has 13 heavy (non-hydrogen) atoms. The summed E-state index contributed by atoms with van der Waals surface area (Å²) < 4.78 is 1.84. The predicted octanol–water partition coefficient (Wildman–Crippen LogP) is 1.32. The molecule has 0 N–H and O–H groups in total. The quantitative estimate of drug-likeness (QED) is 0.698. The number of rotatable bonds is 4. The minimum Gasteiger partial charge on any atom is -0.249 e. The fourth-order valence-electron chi connectivity index (χ4n) is 1.17. The van der Waals surface area contributed by atoms with Gasteiger partial charge in [0.05, 0.1) is 19.0 Å². The molecule has 0 unspecified atom stereocenters. The van der Waals surface area contributed by atoms with Gasteiger partial charge in [-0.3, -0.25) is 0 Å². The van der Waals surface area contributed by atoms with Crippen molar-refractivity contribution in [1.82, 2.24) is 14.8 Å². The van der Waals surface area contributed by atoms with Gasteiger partial charge in [0.1, 0.15) is 5.82 Å². The van der Waals surface area contributed by atoms with E-state index in [1.165, 1.54) is 0 Å². The first-order valence-electron chi connectivity index (χ1n) is 4.61. The average Bonchev–Trinajstić information content (AvgIpc) is 2.57. The van der Waals surface area contributed by atoms with Gasteiger partial charge < -0.3 is 0 Å².